The van der Waals surface area contributed by atoms with Gasteiger partial charge in [-0.05, 0) is 24.7 Å². The number of halogens is 5. The van der Waals surface area contributed by atoms with E-state index in [0.717, 1.165) is 0 Å². The van der Waals surface area contributed by atoms with E-state index in [-0.39, 0.29) is 0 Å². The second-order valence-electron chi connectivity index (χ2n) is 6.23. The lowest BCUT2D eigenvalue weighted by molar-refractivity contribution is -0.145. The number of carbonyl (C=O) groups is 1. The van der Waals surface area contributed by atoms with Gasteiger partial charge < -0.3 is 5.11 Å². The SMILES string of the molecule is CC=CC1C(C)(C)[C@]1(Cc1c(F)c(F)c(F)c(F)c1F)C(=O)O. The third kappa shape index (κ3) is 2.16. The van der Waals surface area contributed by atoms with Crippen LogP contribution in [0.5, 0.6) is 0 Å². The van der Waals surface area contributed by atoms with Crippen LogP contribution in [-0.2, 0) is 11.2 Å². The molecule has 0 bridgehead atoms. The Morgan fingerprint density at radius 2 is 1.48 bits per heavy atom. The maximum Gasteiger partial charge on any atom is 0.311 e. The quantitative estimate of drug-likeness (QED) is 0.387. The number of aliphatic carboxylic acids is 1. The van der Waals surface area contributed by atoms with Gasteiger partial charge >= 0.3 is 5.97 Å². The molecule has 0 saturated heterocycles. The Morgan fingerprint density at radius 3 is 1.87 bits per heavy atom. The molecule has 1 aliphatic rings. The van der Waals surface area contributed by atoms with Crippen LogP contribution in [0.15, 0.2) is 12.2 Å². The Morgan fingerprint density at radius 1 is 1.04 bits per heavy atom. The fraction of sp³-hybridized carbons (Fsp3) is 0.438. The van der Waals surface area contributed by atoms with Crippen LogP contribution in [0.1, 0.15) is 26.3 Å². The molecule has 0 amide bonds. The van der Waals surface area contributed by atoms with E-state index in [9.17, 15) is 31.9 Å². The summed E-state index contributed by atoms with van der Waals surface area (Å²) in [5.41, 5.74) is -3.60. The second kappa shape index (κ2) is 5.32. The molecule has 1 aromatic rings. The minimum absolute atomic E-state index is 0.576. The number of rotatable bonds is 4. The van der Waals surface area contributed by atoms with E-state index in [1.165, 1.54) is 0 Å². The number of carboxylic acids is 1. The summed E-state index contributed by atoms with van der Waals surface area (Å²) in [6, 6.07) is 0. The number of allylic oxidation sites excluding steroid dienone is 2. The maximum absolute atomic E-state index is 13.9. The Balaban J connectivity index is 2.60. The first-order chi connectivity index (χ1) is 10.5. The van der Waals surface area contributed by atoms with E-state index in [1.807, 2.05) is 0 Å². The van der Waals surface area contributed by atoms with Crippen LogP contribution in [-0.4, -0.2) is 11.1 Å². The number of hydrogen-bond acceptors (Lipinski definition) is 1. The molecule has 23 heavy (non-hydrogen) atoms. The lowest BCUT2D eigenvalue weighted by atomic mass is 9.87. The highest BCUT2D eigenvalue weighted by Gasteiger charge is 2.74. The molecule has 1 unspecified atom stereocenters. The molecule has 0 radical (unpaired) electrons. The molecule has 1 N–H and O–H groups in total. The van der Waals surface area contributed by atoms with Gasteiger partial charge in [-0.2, -0.15) is 0 Å². The predicted octanol–water partition coefficient (Wildman–Crippen LogP) is 4.23. The van der Waals surface area contributed by atoms with Crippen molar-refractivity contribution in [3.63, 3.8) is 0 Å². The van der Waals surface area contributed by atoms with Crippen LogP contribution in [0.25, 0.3) is 0 Å². The minimum Gasteiger partial charge on any atom is -0.481 e. The van der Waals surface area contributed by atoms with Gasteiger partial charge in [0.2, 0.25) is 5.82 Å². The molecule has 0 aromatic heterocycles. The maximum atomic E-state index is 13.9. The summed E-state index contributed by atoms with van der Waals surface area (Å²) < 4.78 is 67.4. The topological polar surface area (TPSA) is 37.3 Å². The Labute approximate surface area is 129 Å². The van der Waals surface area contributed by atoms with Crippen molar-refractivity contribution in [3.8, 4) is 0 Å². The van der Waals surface area contributed by atoms with Crippen molar-refractivity contribution >= 4 is 5.97 Å². The van der Waals surface area contributed by atoms with Gasteiger partial charge in [0.1, 0.15) is 0 Å². The average molecular weight is 334 g/mol. The molecular weight excluding hydrogens is 319 g/mol. The van der Waals surface area contributed by atoms with Crippen LogP contribution >= 0.6 is 0 Å². The van der Waals surface area contributed by atoms with Crippen molar-refractivity contribution in [1.82, 2.24) is 0 Å². The molecule has 2 atom stereocenters. The summed E-state index contributed by atoms with van der Waals surface area (Å²) in [6.07, 6.45) is 2.38. The van der Waals surface area contributed by atoms with Crippen molar-refractivity contribution in [3.05, 3.63) is 46.8 Å². The molecule has 0 heterocycles. The molecule has 0 aliphatic heterocycles. The fourth-order valence-corrected chi connectivity index (χ4v) is 3.40. The minimum atomic E-state index is -2.26. The number of benzene rings is 1. The first-order valence-corrected chi connectivity index (χ1v) is 6.90. The molecule has 7 heteroatoms. The van der Waals surface area contributed by atoms with E-state index in [1.54, 1.807) is 32.9 Å². The fourth-order valence-electron chi connectivity index (χ4n) is 3.40. The number of carboxylic acid groups (broad SMARTS) is 1. The van der Waals surface area contributed by atoms with Crippen LogP contribution in [0.2, 0.25) is 0 Å². The zero-order valence-electron chi connectivity index (χ0n) is 12.7. The van der Waals surface area contributed by atoms with Gasteiger partial charge in [-0.1, -0.05) is 26.0 Å². The smallest absolute Gasteiger partial charge is 0.311 e. The van der Waals surface area contributed by atoms with Gasteiger partial charge in [-0.3, -0.25) is 4.79 Å². The summed E-state index contributed by atoms with van der Waals surface area (Å²) in [7, 11) is 0. The predicted molar refractivity (Wildman–Crippen MR) is 72.1 cm³/mol. The molecular formula is C16H15F5O2. The molecule has 2 rings (SSSR count). The molecule has 0 spiro atoms. The van der Waals surface area contributed by atoms with E-state index >= 15 is 0 Å². The molecule has 1 fully saturated rings. The van der Waals surface area contributed by atoms with Crippen molar-refractivity contribution in [2.24, 2.45) is 16.7 Å². The third-order valence-electron chi connectivity index (χ3n) is 4.90. The van der Waals surface area contributed by atoms with Gasteiger partial charge in [0.25, 0.3) is 0 Å². The highest BCUT2D eigenvalue weighted by atomic mass is 19.2. The lowest BCUT2D eigenvalue weighted by Crippen LogP contribution is -2.26. The molecule has 1 saturated carbocycles. The van der Waals surface area contributed by atoms with Crippen molar-refractivity contribution < 1.29 is 31.9 Å². The van der Waals surface area contributed by atoms with Crippen molar-refractivity contribution in [1.29, 1.82) is 0 Å². The van der Waals surface area contributed by atoms with Gasteiger partial charge in [-0.25, -0.2) is 22.0 Å². The molecule has 1 aliphatic carbocycles. The first-order valence-electron chi connectivity index (χ1n) is 6.90. The van der Waals surface area contributed by atoms with Gasteiger partial charge in [0.15, 0.2) is 23.3 Å². The summed E-state index contributed by atoms with van der Waals surface area (Å²) in [5.74, 6) is -12.3. The summed E-state index contributed by atoms with van der Waals surface area (Å²) in [6.45, 7) is 4.81. The number of hydrogen-bond donors (Lipinski definition) is 1. The Hall–Kier alpha value is -1.92. The van der Waals surface area contributed by atoms with E-state index < -0.39 is 63.8 Å². The lowest BCUT2D eigenvalue weighted by Gasteiger charge is -2.17. The normalized spacial score (nSPS) is 25.8. The summed E-state index contributed by atoms with van der Waals surface area (Å²) in [4.78, 5) is 11.7. The van der Waals surface area contributed by atoms with Crippen molar-refractivity contribution in [2.75, 3.05) is 0 Å². The first kappa shape index (κ1) is 17.4. The van der Waals surface area contributed by atoms with Gasteiger partial charge in [0, 0.05) is 5.56 Å². The van der Waals surface area contributed by atoms with Crippen molar-refractivity contribution in [2.45, 2.75) is 27.2 Å². The Kier molecular flexibility index (Phi) is 4.03. The summed E-state index contributed by atoms with van der Waals surface area (Å²) in [5, 5.41) is 9.53. The molecule has 2 nitrogen and oxygen atoms in total. The average Bonchev–Trinajstić information content (AvgIpc) is 2.96. The zero-order chi connectivity index (χ0) is 17.7. The van der Waals surface area contributed by atoms with Crippen LogP contribution < -0.4 is 0 Å². The summed E-state index contributed by atoms with van der Waals surface area (Å²) >= 11 is 0. The third-order valence-corrected chi connectivity index (χ3v) is 4.90. The van der Waals surface area contributed by atoms with Crippen LogP contribution in [0, 0.1) is 45.8 Å². The zero-order valence-corrected chi connectivity index (χ0v) is 12.7. The van der Waals surface area contributed by atoms with Gasteiger partial charge in [-0.15, -0.1) is 0 Å². The van der Waals surface area contributed by atoms with Gasteiger partial charge in [0.05, 0.1) is 5.41 Å². The molecule has 126 valence electrons. The van der Waals surface area contributed by atoms with Crippen LogP contribution in [0.3, 0.4) is 0 Å². The standard InChI is InChI=1S/C16H15F5O2/c1-4-5-8-15(2,3)16(8,14(22)23)6-7-9(17)11(19)13(21)12(20)10(7)18/h4-5,8H,6H2,1-3H3,(H,22,23)/t8?,16-/m0/s1. The highest BCUT2D eigenvalue weighted by Crippen LogP contribution is 2.71. The molecule has 1 aromatic carbocycles. The Bertz CT molecular complexity index is 682. The highest BCUT2D eigenvalue weighted by molar-refractivity contribution is 5.82. The van der Waals surface area contributed by atoms with Crippen LogP contribution in [0.4, 0.5) is 22.0 Å². The second-order valence-corrected chi connectivity index (χ2v) is 6.23. The van der Waals surface area contributed by atoms with E-state index in [0.29, 0.717) is 0 Å². The van der Waals surface area contributed by atoms with E-state index in [2.05, 4.69) is 0 Å². The largest absolute Gasteiger partial charge is 0.481 e. The van der Waals surface area contributed by atoms with E-state index in [4.69, 9.17) is 0 Å². The monoisotopic (exact) mass is 334 g/mol.